The van der Waals surface area contributed by atoms with Crippen molar-refractivity contribution in [1.29, 1.82) is 0 Å². The molecule has 2 fully saturated rings. The summed E-state index contributed by atoms with van der Waals surface area (Å²) in [6, 6.07) is 0.512. The van der Waals surface area contributed by atoms with Gasteiger partial charge in [0, 0.05) is 19.1 Å². The standard InChI is InChI=1S/C13H25N3O/c1-10(2)7-12-9-16(13(17)15-12)8-11-3-5-14-6-4-11/h10-12,14H,3-9H2,1-2H3,(H,15,17). The molecule has 0 aliphatic carbocycles. The average Bonchev–Trinajstić information content (AvgIpc) is 2.59. The van der Waals surface area contributed by atoms with Crippen molar-refractivity contribution in [2.24, 2.45) is 11.8 Å². The van der Waals surface area contributed by atoms with Crippen molar-refractivity contribution >= 4 is 6.03 Å². The largest absolute Gasteiger partial charge is 0.333 e. The highest BCUT2D eigenvalue weighted by atomic mass is 16.2. The van der Waals surface area contributed by atoms with Crippen molar-refractivity contribution in [1.82, 2.24) is 15.5 Å². The monoisotopic (exact) mass is 239 g/mol. The number of carbonyl (C=O) groups excluding carboxylic acids is 1. The third kappa shape index (κ3) is 3.60. The Morgan fingerprint density at radius 2 is 2.06 bits per heavy atom. The Labute approximate surface area is 104 Å². The van der Waals surface area contributed by atoms with Crippen LogP contribution in [0.4, 0.5) is 4.79 Å². The fourth-order valence-corrected chi connectivity index (χ4v) is 2.90. The first kappa shape index (κ1) is 12.7. The van der Waals surface area contributed by atoms with E-state index in [4.69, 9.17) is 0 Å². The van der Waals surface area contributed by atoms with Crippen LogP contribution < -0.4 is 10.6 Å². The molecule has 2 heterocycles. The first-order valence-corrected chi connectivity index (χ1v) is 6.91. The number of hydrogen-bond acceptors (Lipinski definition) is 2. The first-order valence-electron chi connectivity index (χ1n) is 6.91. The summed E-state index contributed by atoms with van der Waals surface area (Å²) >= 11 is 0. The smallest absolute Gasteiger partial charge is 0.317 e. The number of amides is 2. The third-order valence-corrected chi connectivity index (χ3v) is 3.75. The van der Waals surface area contributed by atoms with Crippen LogP contribution in [0.3, 0.4) is 0 Å². The molecule has 2 saturated heterocycles. The van der Waals surface area contributed by atoms with E-state index in [0.717, 1.165) is 32.6 Å². The summed E-state index contributed by atoms with van der Waals surface area (Å²) in [5, 5.41) is 6.46. The molecule has 0 spiro atoms. The van der Waals surface area contributed by atoms with E-state index in [1.54, 1.807) is 0 Å². The number of piperidine rings is 1. The molecule has 1 atom stereocenters. The van der Waals surface area contributed by atoms with Gasteiger partial charge in [-0.1, -0.05) is 13.8 Å². The molecule has 0 aromatic heterocycles. The summed E-state index contributed by atoms with van der Waals surface area (Å²) in [4.78, 5) is 13.9. The van der Waals surface area contributed by atoms with E-state index in [0.29, 0.717) is 17.9 Å². The second kappa shape index (κ2) is 5.71. The predicted molar refractivity (Wildman–Crippen MR) is 68.9 cm³/mol. The third-order valence-electron chi connectivity index (χ3n) is 3.75. The zero-order chi connectivity index (χ0) is 12.3. The summed E-state index contributed by atoms with van der Waals surface area (Å²) < 4.78 is 0. The van der Waals surface area contributed by atoms with Crippen LogP contribution in [0.1, 0.15) is 33.1 Å². The highest BCUT2D eigenvalue weighted by Crippen LogP contribution is 2.18. The van der Waals surface area contributed by atoms with Crippen molar-refractivity contribution in [3.63, 3.8) is 0 Å². The molecule has 2 aliphatic rings. The van der Waals surface area contributed by atoms with Gasteiger partial charge in [0.2, 0.25) is 0 Å². The molecular weight excluding hydrogens is 214 g/mol. The molecule has 98 valence electrons. The topological polar surface area (TPSA) is 44.4 Å². The number of nitrogens with one attached hydrogen (secondary N) is 2. The molecular formula is C13H25N3O. The normalized spacial score (nSPS) is 26.6. The van der Waals surface area contributed by atoms with Gasteiger partial charge in [-0.3, -0.25) is 0 Å². The van der Waals surface area contributed by atoms with E-state index in [9.17, 15) is 4.79 Å². The summed E-state index contributed by atoms with van der Waals surface area (Å²) in [6.07, 6.45) is 3.51. The van der Waals surface area contributed by atoms with Crippen LogP contribution in [0.15, 0.2) is 0 Å². The van der Waals surface area contributed by atoms with Crippen LogP contribution in [0.5, 0.6) is 0 Å². The van der Waals surface area contributed by atoms with E-state index < -0.39 is 0 Å². The minimum atomic E-state index is 0.147. The fourth-order valence-electron chi connectivity index (χ4n) is 2.90. The molecule has 0 aromatic rings. The van der Waals surface area contributed by atoms with Gasteiger partial charge >= 0.3 is 6.03 Å². The minimum absolute atomic E-state index is 0.147. The van der Waals surface area contributed by atoms with E-state index in [1.165, 1.54) is 12.8 Å². The van der Waals surface area contributed by atoms with Crippen molar-refractivity contribution in [2.45, 2.75) is 39.2 Å². The maximum Gasteiger partial charge on any atom is 0.317 e. The number of rotatable bonds is 4. The summed E-state index contributed by atoms with van der Waals surface area (Å²) in [5.74, 6) is 1.35. The lowest BCUT2D eigenvalue weighted by Crippen LogP contribution is -2.37. The molecule has 17 heavy (non-hydrogen) atoms. The number of carbonyl (C=O) groups is 1. The molecule has 2 N–H and O–H groups in total. The highest BCUT2D eigenvalue weighted by Gasteiger charge is 2.30. The van der Waals surface area contributed by atoms with Crippen LogP contribution in [-0.4, -0.2) is 43.2 Å². The molecule has 0 aromatic carbocycles. The van der Waals surface area contributed by atoms with Crippen molar-refractivity contribution in [3.05, 3.63) is 0 Å². The van der Waals surface area contributed by atoms with Gasteiger partial charge in [-0.25, -0.2) is 4.79 Å². The van der Waals surface area contributed by atoms with Crippen LogP contribution in [0.2, 0.25) is 0 Å². The summed E-state index contributed by atoms with van der Waals surface area (Å²) in [5.41, 5.74) is 0. The quantitative estimate of drug-likeness (QED) is 0.779. The SMILES string of the molecule is CC(C)CC1CN(CC2CCNCC2)C(=O)N1. The van der Waals surface area contributed by atoms with Crippen LogP contribution in [-0.2, 0) is 0 Å². The second-order valence-electron chi connectivity index (χ2n) is 5.87. The minimum Gasteiger partial charge on any atom is -0.333 e. The zero-order valence-corrected chi connectivity index (χ0v) is 11.0. The molecule has 2 aliphatic heterocycles. The Morgan fingerprint density at radius 3 is 2.71 bits per heavy atom. The second-order valence-corrected chi connectivity index (χ2v) is 5.87. The fraction of sp³-hybridized carbons (Fsp3) is 0.923. The van der Waals surface area contributed by atoms with Gasteiger partial charge in [-0.05, 0) is 44.2 Å². The van der Waals surface area contributed by atoms with Gasteiger partial charge in [-0.2, -0.15) is 0 Å². The Kier molecular flexibility index (Phi) is 4.26. The molecule has 0 saturated carbocycles. The van der Waals surface area contributed by atoms with Gasteiger partial charge in [-0.15, -0.1) is 0 Å². The van der Waals surface area contributed by atoms with Gasteiger partial charge in [0.25, 0.3) is 0 Å². The Balaban J connectivity index is 1.79. The van der Waals surface area contributed by atoms with Crippen molar-refractivity contribution < 1.29 is 4.79 Å². The van der Waals surface area contributed by atoms with E-state index in [2.05, 4.69) is 24.5 Å². The Hall–Kier alpha value is -0.770. The molecule has 0 radical (unpaired) electrons. The molecule has 2 amide bonds. The van der Waals surface area contributed by atoms with Crippen LogP contribution in [0.25, 0.3) is 0 Å². The lowest BCUT2D eigenvalue weighted by Gasteiger charge is -2.26. The molecule has 2 rings (SSSR count). The van der Waals surface area contributed by atoms with E-state index >= 15 is 0 Å². The van der Waals surface area contributed by atoms with E-state index in [-0.39, 0.29) is 6.03 Å². The Morgan fingerprint density at radius 1 is 1.35 bits per heavy atom. The van der Waals surface area contributed by atoms with Crippen LogP contribution >= 0.6 is 0 Å². The maximum absolute atomic E-state index is 11.8. The van der Waals surface area contributed by atoms with Gasteiger partial charge in [0.05, 0.1) is 0 Å². The summed E-state index contributed by atoms with van der Waals surface area (Å²) in [6.45, 7) is 8.48. The van der Waals surface area contributed by atoms with E-state index in [1.807, 2.05) is 4.90 Å². The zero-order valence-electron chi connectivity index (χ0n) is 11.0. The number of urea groups is 1. The lowest BCUT2D eigenvalue weighted by molar-refractivity contribution is 0.201. The number of hydrogen-bond donors (Lipinski definition) is 2. The highest BCUT2D eigenvalue weighted by molar-refractivity contribution is 5.76. The molecule has 4 heteroatoms. The average molecular weight is 239 g/mol. The van der Waals surface area contributed by atoms with Crippen molar-refractivity contribution in [3.8, 4) is 0 Å². The Bertz CT molecular complexity index is 261. The first-order chi connectivity index (χ1) is 8.15. The van der Waals surface area contributed by atoms with Gasteiger partial charge < -0.3 is 15.5 Å². The lowest BCUT2D eigenvalue weighted by atomic mass is 9.97. The molecule has 1 unspecified atom stereocenters. The molecule has 4 nitrogen and oxygen atoms in total. The van der Waals surface area contributed by atoms with Crippen molar-refractivity contribution in [2.75, 3.05) is 26.2 Å². The van der Waals surface area contributed by atoms with Gasteiger partial charge in [0.1, 0.15) is 0 Å². The van der Waals surface area contributed by atoms with Gasteiger partial charge in [0.15, 0.2) is 0 Å². The van der Waals surface area contributed by atoms with Crippen LogP contribution in [0, 0.1) is 11.8 Å². The maximum atomic E-state index is 11.8. The number of nitrogens with zero attached hydrogens (tertiary/aromatic N) is 1. The molecule has 0 bridgehead atoms. The predicted octanol–water partition coefficient (Wildman–Crippen LogP) is 1.43. The summed E-state index contributed by atoms with van der Waals surface area (Å²) in [7, 11) is 0.